The molecule has 0 aromatic carbocycles. The van der Waals surface area contributed by atoms with Crippen LogP contribution in [0.5, 0.6) is 0 Å². The highest BCUT2D eigenvalue weighted by Crippen LogP contribution is 2.16. The number of nitrogens with one attached hydrogen (secondary N) is 1. The van der Waals surface area contributed by atoms with Gasteiger partial charge in [-0.25, -0.2) is 0 Å². The maximum atomic E-state index is 12.4. The number of amides is 1. The van der Waals surface area contributed by atoms with Crippen LogP contribution in [0, 0.1) is 0 Å². The van der Waals surface area contributed by atoms with E-state index in [-0.39, 0.29) is 12.0 Å². The molecule has 2 fully saturated rings. The number of carbonyl (C=O) groups excluding carboxylic acids is 1. The number of hydrogen-bond acceptors (Lipinski definition) is 4. The Morgan fingerprint density at radius 3 is 2.50 bits per heavy atom. The summed E-state index contributed by atoms with van der Waals surface area (Å²) in [5, 5.41) is 3.47. The van der Waals surface area contributed by atoms with Gasteiger partial charge in [-0.2, -0.15) is 0 Å². The van der Waals surface area contributed by atoms with Crippen molar-refractivity contribution in [3.8, 4) is 0 Å². The molecular formula is C19H37N5O2. The first kappa shape index (κ1) is 21.0. The zero-order valence-electron chi connectivity index (χ0n) is 17.0. The molecule has 0 aromatic rings. The number of rotatable bonds is 7. The summed E-state index contributed by atoms with van der Waals surface area (Å²) in [6.45, 7) is 10.4. The maximum Gasteiger partial charge on any atom is 0.251 e. The van der Waals surface area contributed by atoms with Crippen LogP contribution >= 0.6 is 0 Å². The molecule has 1 atom stereocenters. The molecule has 2 saturated heterocycles. The van der Waals surface area contributed by atoms with Crippen molar-refractivity contribution in [3.63, 3.8) is 0 Å². The number of hydrogen-bond donors (Lipinski definition) is 1. The van der Waals surface area contributed by atoms with Crippen LogP contribution in [-0.4, -0.2) is 98.7 Å². The molecular weight excluding hydrogens is 330 g/mol. The summed E-state index contributed by atoms with van der Waals surface area (Å²) in [4.78, 5) is 23.4. The fourth-order valence-corrected chi connectivity index (χ4v) is 3.39. The van der Waals surface area contributed by atoms with Gasteiger partial charge < -0.3 is 24.8 Å². The van der Waals surface area contributed by atoms with E-state index in [1.165, 1.54) is 6.42 Å². The first-order valence-electron chi connectivity index (χ1n) is 10.1. The number of carbonyl (C=O) groups is 1. The molecule has 1 N–H and O–H groups in total. The topological polar surface area (TPSA) is 60.4 Å². The van der Waals surface area contributed by atoms with E-state index in [2.05, 4.69) is 41.0 Å². The first-order valence-corrected chi connectivity index (χ1v) is 10.1. The minimum atomic E-state index is -0.206. The predicted octanol–water partition coefficient (Wildman–Crippen LogP) is 1.01. The van der Waals surface area contributed by atoms with Gasteiger partial charge in [0.25, 0.3) is 5.91 Å². The second-order valence-electron chi connectivity index (χ2n) is 7.57. The number of piperazine rings is 1. The van der Waals surface area contributed by atoms with Crippen molar-refractivity contribution in [2.45, 2.75) is 51.7 Å². The summed E-state index contributed by atoms with van der Waals surface area (Å²) in [7, 11) is 4.01. The summed E-state index contributed by atoms with van der Waals surface area (Å²) in [6, 6.07) is 0.601. The molecule has 0 bridgehead atoms. The largest absolute Gasteiger partial charge is 0.368 e. The Labute approximate surface area is 158 Å². The Balaban J connectivity index is 1.65. The standard InChI is InChI=1S/C19H37N5O2/c1-16(2)22(4)10-6-5-9-21-19(20-3)24-13-11-23(12-14-24)18(25)17-8-7-15-26-17/h16-17H,5-15H2,1-4H3,(H,20,21). The third-order valence-electron chi connectivity index (χ3n) is 5.41. The van der Waals surface area contributed by atoms with Crippen molar-refractivity contribution < 1.29 is 9.53 Å². The number of aliphatic imine (C=N–C) groups is 1. The molecule has 7 heteroatoms. The van der Waals surface area contributed by atoms with E-state index in [0.717, 1.165) is 71.1 Å². The van der Waals surface area contributed by atoms with Gasteiger partial charge in [0.15, 0.2) is 5.96 Å². The summed E-state index contributed by atoms with van der Waals surface area (Å²) in [5.74, 6) is 1.12. The van der Waals surface area contributed by atoms with E-state index >= 15 is 0 Å². The highest BCUT2D eigenvalue weighted by atomic mass is 16.5. The molecule has 26 heavy (non-hydrogen) atoms. The molecule has 0 aliphatic carbocycles. The van der Waals surface area contributed by atoms with Gasteiger partial charge in [-0.3, -0.25) is 9.79 Å². The van der Waals surface area contributed by atoms with Crippen LogP contribution in [0.2, 0.25) is 0 Å². The monoisotopic (exact) mass is 367 g/mol. The Morgan fingerprint density at radius 2 is 1.92 bits per heavy atom. The summed E-state index contributed by atoms with van der Waals surface area (Å²) >= 11 is 0. The summed E-state index contributed by atoms with van der Waals surface area (Å²) in [6.07, 6.45) is 3.98. The van der Waals surface area contributed by atoms with Crippen molar-refractivity contribution in [1.29, 1.82) is 0 Å². The lowest BCUT2D eigenvalue weighted by Crippen LogP contribution is -2.55. The molecule has 2 heterocycles. The van der Waals surface area contributed by atoms with Gasteiger partial charge in [0.1, 0.15) is 6.10 Å². The quantitative estimate of drug-likeness (QED) is 0.413. The SMILES string of the molecule is CN=C(NCCCCN(C)C(C)C)N1CCN(C(=O)C2CCCO2)CC1. The van der Waals surface area contributed by atoms with Gasteiger partial charge in [-0.15, -0.1) is 0 Å². The van der Waals surface area contributed by atoms with Crippen molar-refractivity contribution in [2.75, 3.05) is 60.0 Å². The van der Waals surface area contributed by atoms with E-state index in [1.54, 1.807) is 0 Å². The molecule has 150 valence electrons. The van der Waals surface area contributed by atoms with Crippen LogP contribution in [0.1, 0.15) is 39.5 Å². The van der Waals surface area contributed by atoms with Crippen LogP contribution in [0.15, 0.2) is 4.99 Å². The van der Waals surface area contributed by atoms with E-state index < -0.39 is 0 Å². The van der Waals surface area contributed by atoms with Gasteiger partial charge in [-0.1, -0.05) is 0 Å². The average Bonchev–Trinajstić information content (AvgIpc) is 3.18. The normalized spacial score (nSPS) is 21.8. The minimum absolute atomic E-state index is 0.166. The average molecular weight is 368 g/mol. The molecule has 2 aliphatic rings. The smallest absolute Gasteiger partial charge is 0.251 e. The molecule has 0 spiro atoms. The second kappa shape index (κ2) is 10.7. The summed E-state index contributed by atoms with van der Waals surface area (Å²) < 4.78 is 5.53. The molecule has 1 unspecified atom stereocenters. The third-order valence-corrected chi connectivity index (χ3v) is 5.41. The molecule has 7 nitrogen and oxygen atoms in total. The van der Waals surface area contributed by atoms with E-state index in [9.17, 15) is 4.79 Å². The Bertz CT molecular complexity index is 455. The van der Waals surface area contributed by atoms with Gasteiger partial charge in [-0.05, 0) is 53.1 Å². The van der Waals surface area contributed by atoms with Crippen molar-refractivity contribution >= 4 is 11.9 Å². The molecule has 2 aliphatic heterocycles. The van der Waals surface area contributed by atoms with Crippen LogP contribution in [-0.2, 0) is 9.53 Å². The van der Waals surface area contributed by atoms with Crippen LogP contribution in [0.4, 0.5) is 0 Å². The van der Waals surface area contributed by atoms with E-state index in [1.807, 2.05) is 11.9 Å². The lowest BCUT2D eigenvalue weighted by molar-refractivity contribution is -0.142. The number of nitrogens with zero attached hydrogens (tertiary/aromatic N) is 4. The molecule has 2 rings (SSSR count). The fourth-order valence-electron chi connectivity index (χ4n) is 3.39. The molecule has 0 saturated carbocycles. The Morgan fingerprint density at radius 1 is 1.23 bits per heavy atom. The Hall–Kier alpha value is -1.34. The molecule has 0 radical (unpaired) electrons. The summed E-state index contributed by atoms with van der Waals surface area (Å²) in [5.41, 5.74) is 0. The van der Waals surface area contributed by atoms with Crippen molar-refractivity contribution in [1.82, 2.24) is 20.0 Å². The maximum absolute atomic E-state index is 12.4. The highest BCUT2D eigenvalue weighted by molar-refractivity contribution is 5.82. The first-order chi connectivity index (χ1) is 12.5. The predicted molar refractivity (Wildman–Crippen MR) is 105 cm³/mol. The second-order valence-corrected chi connectivity index (χ2v) is 7.57. The van der Waals surface area contributed by atoms with Crippen molar-refractivity contribution in [2.24, 2.45) is 4.99 Å². The lowest BCUT2D eigenvalue weighted by atomic mass is 10.2. The van der Waals surface area contributed by atoms with Crippen LogP contribution in [0.25, 0.3) is 0 Å². The minimum Gasteiger partial charge on any atom is -0.368 e. The highest BCUT2D eigenvalue weighted by Gasteiger charge is 2.30. The van der Waals surface area contributed by atoms with E-state index in [0.29, 0.717) is 6.04 Å². The number of ether oxygens (including phenoxy) is 1. The van der Waals surface area contributed by atoms with Gasteiger partial charge >= 0.3 is 0 Å². The number of unbranched alkanes of at least 4 members (excludes halogenated alkanes) is 1. The van der Waals surface area contributed by atoms with Gasteiger partial charge in [0, 0.05) is 52.4 Å². The lowest BCUT2D eigenvalue weighted by Gasteiger charge is -2.37. The van der Waals surface area contributed by atoms with E-state index in [4.69, 9.17) is 4.74 Å². The fraction of sp³-hybridized carbons (Fsp3) is 0.895. The van der Waals surface area contributed by atoms with Gasteiger partial charge in [0.2, 0.25) is 0 Å². The number of guanidine groups is 1. The third kappa shape index (κ3) is 6.13. The zero-order chi connectivity index (χ0) is 18.9. The van der Waals surface area contributed by atoms with Gasteiger partial charge in [0.05, 0.1) is 0 Å². The van der Waals surface area contributed by atoms with Crippen molar-refractivity contribution in [3.05, 3.63) is 0 Å². The molecule has 0 aromatic heterocycles. The zero-order valence-corrected chi connectivity index (χ0v) is 17.0. The van der Waals surface area contributed by atoms with Crippen LogP contribution in [0.3, 0.4) is 0 Å². The van der Waals surface area contributed by atoms with Crippen LogP contribution < -0.4 is 5.32 Å². The Kier molecular flexibility index (Phi) is 8.65. The molecule has 1 amide bonds.